The smallest absolute Gasteiger partial charge is 0.434 e. The number of rotatable bonds is 4. The molecular formula is C18H15F3N4O3. The molecule has 0 atom stereocenters. The SMILES string of the molecule is N#CC1(C(=O)Nc2ccc(-n3ncc(C(=O)O)c3C(F)(F)F)cc2)CCCC1. The normalized spacial score (nSPS) is 15.8. The van der Waals surface area contributed by atoms with Gasteiger partial charge in [0.1, 0.15) is 11.0 Å². The van der Waals surface area contributed by atoms with Gasteiger partial charge in [0.05, 0.1) is 18.0 Å². The van der Waals surface area contributed by atoms with Crippen LogP contribution in [0.1, 0.15) is 41.7 Å². The number of nitrogens with one attached hydrogen (secondary N) is 1. The standard InChI is InChI=1S/C18H15F3N4O3/c19-18(20,21)14-13(15(26)27)9-23-25(14)12-5-3-11(4-6-12)24-16(28)17(10-22)7-1-2-8-17/h3-6,9H,1-2,7-8H2,(H,24,28)(H,26,27). The van der Waals surface area contributed by atoms with Crippen molar-refractivity contribution in [2.75, 3.05) is 5.32 Å². The summed E-state index contributed by atoms with van der Waals surface area (Å²) in [5.41, 5.74) is -3.14. The molecule has 1 aliphatic carbocycles. The molecule has 0 saturated heterocycles. The summed E-state index contributed by atoms with van der Waals surface area (Å²) in [5, 5.41) is 24.4. The summed E-state index contributed by atoms with van der Waals surface area (Å²) in [7, 11) is 0. The summed E-state index contributed by atoms with van der Waals surface area (Å²) >= 11 is 0. The predicted octanol–water partition coefficient (Wildman–Crippen LogP) is 3.61. The van der Waals surface area contributed by atoms with Crippen LogP contribution in [0.25, 0.3) is 5.69 Å². The highest BCUT2D eigenvalue weighted by atomic mass is 19.4. The molecule has 7 nitrogen and oxygen atoms in total. The number of nitrogens with zero attached hydrogens (tertiary/aromatic N) is 3. The van der Waals surface area contributed by atoms with Gasteiger partial charge in [-0.2, -0.15) is 23.5 Å². The molecule has 1 fully saturated rings. The zero-order chi connectivity index (χ0) is 20.5. The Labute approximate surface area is 157 Å². The largest absolute Gasteiger partial charge is 0.478 e. The van der Waals surface area contributed by atoms with E-state index in [4.69, 9.17) is 5.11 Å². The van der Waals surface area contributed by atoms with Gasteiger partial charge in [-0.05, 0) is 37.1 Å². The van der Waals surface area contributed by atoms with E-state index in [0.717, 1.165) is 12.8 Å². The number of alkyl halides is 3. The molecule has 1 saturated carbocycles. The van der Waals surface area contributed by atoms with Crippen LogP contribution in [0.5, 0.6) is 0 Å². The number of nitriles is 1. The molecule has 28 heavy (non-hydrogen) atoms. The van der Waals surface area contributed by atoms with Gasteiger partial charge in [0, 0.05) is 5.69 Å². The van der Waals surface area contributed by atoms with E-state index in [1.54, 1.807) is 0 Å². The van der Waals surface area contributed by atoms with E-state index >= 15 is 0 Å². The molecule has 0 unspecified atom stereocenters. The highest BCUT2D eigenvalue weighted by molar-refractivity contribution is 5.97. The molecule has 2 aromatic rings. The van der Waals surface area contributed by atoms with E-state index < -0.39 is 34.7 Å². The first kappa shape index (κ1) is 19.4. The molecule has 1 aliphatic rings. The first-order chi connectivity index (χ1) is 13.2. The monoisotopic (exact) mass is 392 g/mol. The van der Waals surface area contributed by atoms with Crippen LogP contribution in [0.2, 0.25) is 0 Å². The van der Waals surface area contributed by atoms with Crippen molar-refractivity contribution < 1.29 is 27.9 Å². The van der Waals surface area contributed by atoms with Crippen molar-refractivity contribution in [1.29, 1.82) is 5.26 Å². The fraction of sp³-hybridized carbons (Fsp3) is 0.333. The maximum Gasteiger partial charge on any atom is 0.434 e. The molecule has 1 aromatic heterocycles. The van der Waals surface area contributed by atoms with E-state index in [2.05, 4.69) is 16.5 Å². The number of benzene rings is 1. The molecule has 0 radical (unpaired) electrons. The summed E-state index contributed by atoms with van der Waals surface area (Å²) < 4.78 is 40.3. The van der Waals surface area contributed by atoms with Crippen LogP contribution >= 0.6 is 0 Å². The van der Waals surface area contributed by atoms with E-state index in [-0.39, 0.29) is 5.69 Å². The summed E-state index contributed by atoms with van der Waals surface area (Å²) in [6, 6.07) is 7.36. The average molecular weight is 392 g/mol. The van der Waals surface area contributed by atoms with E-state index in [1.807, 2.05) is 0 Å². The number of aromatic carboxylic acids is 1. The second-order valence-electron chi connectivity index (χ2n) is 6.52. The van der Waals surface area contributed by atoms with Crippen LogP contribution in [0.3, 0.4) is 0 Å². The summed E-state index contributed by atoms with van der Waals surface area (Å²) in [4.78, 5) is 23.5. The van der Waals surface area contributed by atoms with Crippen molar-refractivity contribution in [1.82, 2.24) is 9.78 Å². The zero-order valence-corrected chi connectivity index (χ0v) is 14.5. The predicted molar refractivity (Wildman–Crippen MR) is 90.7 cm³/mol. The average Bonchev–Trinajstić information content (AvgIpc) is 3.30. The van der Waals surface area contributed by atoms with Crippen LogP contribution in [0.15, 0.2) is 30.5 Å². The van der Waals surface area contributed by atoms with Crippen molar-refractivity contribution in [3.63, 3.8) is 0 Å². The number of halogens is 3. The van der Waals surface area contributed by atoms with Crippen molar-refractivity contribution in [2.24, 2.45) is 5.41 Å². The fourth-order valence-corrected chi connectivity index (χ4v) is 3.28. The first-order valence-electron chi connectivity index (χ1n) is 8.39. The Kier molecular flexibility index (Phi) is 4.85. The second-order valence-corrected chi connectivity index (χ2v) is 6.52. The molecule has 1 amide bonds. The number of carboxylic acid groups (broad SMARTS) is 1. The molecule has 3 rings (SSSR count). The molecule has 0 spiro atoms. The highest BCUT2D eigenvalue weighted by Crippen LogP contribution is 2.38. The van der Waals surface area contributed by atoms with Gasteiger partial charge >= 0.3 is 12.1 Å². The number of anilines is 1. The Hall–Kier alpha value is -3.35. The number of hydrogen-bond donors (Lipinski definition) is 2. The van der Waals surface area contributed by atoms with E-state index in [1.165, 1.54) is 24.3 Å². The summed E-state index contributed by atoms with van der Waals surface area (Å²) in [6.45, 7) is 0. The number of hydrogen-bond acceptors (Lipinski definition) is 4. The number of carbonyl (C=O) groups excluding carboxylic acids is 1. The Morgan fingerprint density at radius 3 is 2.32 bits per heavy atom. The van der Waals surface area contributed by atoms with Gasteiger partial charge in [-0.1, -0.05) is 12.8 Å². The van der Waals surface area contributed by atoms with Crippen LogP contribution < -0.4 is 5.32 Å². The number of carbonyl (C=O) groups is 2. The minimum Gasteiger partial charge on any atom is -0.478 e. The van der Waals surface area contributed by atoms with E-state index in [9.17, 15) is 28.0 Å². The van der Waals surface area contributed by atoms with Gasteiger partial charge in [-0.15, -0.1) is 0 Å². The van der Waals surface area contributed by atoms with Gasteiger partial charge in [0.25, 0.3) is 0 Å². The highest BCUT2D eigenvalue weighted by Gasteiger charge is 2.42. The minimum absolute atomic E-state index is 0.0197. The Morgan fingerprint density at radius 2 is 1.82 bits per heavy atom. The lowest BCUT2D eigenvalue weighted by atomic mass is 9.87. The number of aromatic nitrogens is 2. The Bertz CT molecular complexity index is 952. The summed E-state index contributed by atoms with van der Waals surface area (Å²) in [5.74, 6) is -2.18. The minimum atomic E-state index is -4.92. The zero-order valence-electron chi connectivity index (χ0n) is 14.5. The van der Waals surface area contributed by atoms with Crippen LogP contribution in [-0.2, 0) is 11.0 Å². The Morgan fingerprint density at radius 1 is 1.21 bits per heavy atom. The van der Waals surface area contributed by atoms with Gasteiger partial charge in [-0.3, -0.25) is 4.79 Å². The van der Waals surface area contributed by atoms with Gasteiger partial charge in [0.2, 0.25) is 5.91 Å². The number of carboxylic acids is 1. The quantitative estimate of drug-likeness (QED) is 0.826. The molecule has 10 heteroatoms. The van der Waals surface area contributed by atoms with Crippen LogP contribution in [0, 0.1) is 16.7 Å². The lowest BCUT2D eigenvalue weighted by Gasteiger charge is -2.19. The molecule has 146 valence electrons. The molecule has 0 bridgehead atoms. The molecule has 1 aromatic carbocycles. The third kappa shape index (κ3) is 3.43. The van der Waals surface area contributed by atoms with Crippen LogP contribution in [0.4, 0.5) is 18.9 Å². The third-order valence-electron chi connectivity index (χ3n) is 4.74. The second kappa shape index (κ2) is 6.99. The molecule has 1 heterocycles. The molecular weight excluding hydrogens is 377 g/mol. The van der Waals surface area contributed by atoms with Gasteiger partial charge in [-0.25, -0.2) is 9.48 Å². The van der Waals surface area contributed by atoms with Crippen molar-refractivity contribution in [3.05, 3.63) is 41.7 Å². The maximum atomic E-state index is 13.3. The van der Waals surface area contributed by atoms with Crippen LogP contribution in [-0.4, -0.2) is 26.8 Å². The van der Waals surface area contributed by atoms with Crippen molar-refractivity contribution in [3.8, 4) is 11.8 Å². The molecule has 0 aliphatic heterocycles. The first-order valence-corrected chi connectivity index (χ1v) is 8.39. The Balaban J connectivity index is 1.87. The maximum absolute atomic E-state index is 13.3. The van der Waals surface area contributed by atoms with Gasteiger partial charge < -0.3 is 10.4 Å². The summed E-state index contributed by atoms with van der Waals surface area (Å²) in [6.07, 6.45) is -1.78. The van der Waals surface area contributed by atoms with Gasteiger partial charge in [0.15, 0.2) is 5.69 Å². The van der Waals surface area contributed by atoms with Crippen molar-refractivity contribution >= 4 is 17.6 Å². The fourth-order valence-electron chi connectivity index (χ4n) is 3.28. The third-order valence-corrected chi connectivity index (χ3v) is 4.74. The topological polar surface area (TPSA) is 108 Å². The number of amides is 1. The lowest BCUT2D eigenvalue weighted by molar-refractivity contribution is -0.143. The lowest BCUT2D eigenvalue weighted by Crippen LogP contribution is -2.32. The van der Waals surface area contributed by atoms with Crippen molar-refractivity contribution in [2.45, 2.75) is 31.9 Å². The molecule has 2 N–H and O–H groups in total. The van der Waals surface area contributed by atoms with E-state index in [0.29, 0.717) is 29.4 Å².